The number of anilines is 1. The summed E-state index contributed by atoms with van der Waals surface area (Å²) in [5.41, 5.74) is 9.61. The predicted molar refractivity (Wildman–Crippen MR) is 198 cm³/mol. The van der Waals surface area contributed by atoms with Crippen LogP contribution in [0.25, 0.3) is 0 Å². The van der Waals surface area contributed by atoms with Crippen LogP contribution in [-0.2, 0) is 15.9 Å². The fraction of sp³-hybridized carbons (Fsp3) is 0.667. The number of ether oxygens (including phenoxy) is 3. The number of hydrogen-bond acceptors (Lipinski definition) is 7. The minimum Gasteiger partial charge on any atom is -0.491 e. The maximum Gasteiger partial charge on any atom is 0.272 e. The van der Waals surface area contributed by atoms with Gasteiger partial charge in [-0.05, 0) is 91.3 Å². The minimum atomic E-state index is -2.61. The molecule has 4 aliphatic rings. The number of alkyl halides is 2. The van der Waals surface area contributed by atoms with Crippen LogP contribution in [0.2, 0.25) is 5.02 Å². The Kier molecular flexibility index (Phi) is 12.3. The summed E-state index contributed by atoms with van der Waals surface area (Å²) in [7, 11) is 0. The van der Waals surface area contributed by atoms with Crippen molar-refractivity contribution >= 4 is 35.8 Å². The average molecular weight is 734 g/mol. The van der Waals surface area contributed by atoms with E-state index in [0.717, 1.165) is 74.5 Å². The zero-order valence-electron chi connectivity index (χ0n) is 29.7. The predicted octanol–water partition coefficient (Wildman–Crippen LogP) is 7.83. The van der Waals surface area contributed by atoms with Crippen LogP contribution in [0.3, 0.4) is 0 Å². The first kappa shape index (κ1) is 37.6. The van der Waals surface area contributed by atoms with E-state index in [4.69, 9.17) is 31.5 Å². The summed E-state index contributed by atoms with van der Waals surface area (Å²) in [4.78, 5) is 16.5. The number of carbonyl (C=O) groups excluding carboxylic acids is 1. The Morgan fingerprint density at radius 2 is 1.84 bits per heavy atom. The van der Waals surface area contributed by atoms with Crippen molar-refractivity contribution in [3.8, 4) is 5.75 Å². The van der Waals surface area contributed by atoms with Gasteiger partial charge in [-0.2, -0.15) is 12.6 Å². The SMILES string of the molecule is CCCc1cc(Cl)ccc1C1COc2ccc(C(N)=O)cc2N(CC2CCC2C(CCCC(C)C(C)S)C2OCC(N3CC(F)(F)C3)CO2)C1. The number of likely N-dealkylation sites (tertiary alicyclic amines) is 1. The van der Waals surface area contributed by atoms with Crippen LogP contribution in [0.15, 0.2) is 36.4 Å². The third-order valence-corrected chi connectivity index (χ3v) is 12.4. The Morgan fingerprint density at radius 3 is 2.48 bits per heavy atom. The van der Waals surface area contributed by atoms with Crippen molar-refractivity contribution in [2.45, 2.75) is 95.1 Å². The summed E-state index contributed by atoms with van der Waals surface area (Å²) in [5.74, 6) is -0.765. The van der Waals surface area contributed by atoms with Gasteiger partial charge < -0.3 is 24.8 Å². The van der Waals surface area contributed by atoms with Gasteiger partial charge in [-0.1, -0.05) is 51.3 Å². The van der Waals surface area contributed by atoms with E-state index < -0.39 is 11.8 Å². The lowest BCUT2D eigenvalue weighted by Crippen LogP contribution is -2.63. The number of thiol groups is 1. The first-order valence-corrected chi connectivity index (χ1v) is 19.4. The van der Waals surface area contributed by atoms with E-state index in [1.165, 1.54) is 11.1 Å². The molecule has 6 rings (SSSR count). The van der Waals surface area contributed by atoms with Gasteiger partial charge in [0.25, 0.3) is 5.92 Å². The second kappa shape index (κ2) is 16.3. The van der Waals surface area contributed by atoms with Gasteiger partial charge in [-0.15, -0.1) is 0 Å². The molecule has 3 fully saturated rings. The van der Waals surface area contributed by atoms with Crippen molar-refractivity contribution in [3.05, 3.63) is 58.1 Å². The number of fused-ring (bicyclic) bond motifs is 1. The summed E-state index contributed by atoms with van der Waals surface area (Å²) < 4.78 is 46.5. The molecule has 0 aromatic heterocycles. The van der Waals surface area contributed by atoms with Crippen molar-refractivity contribution in [1.29, 1.82) is 0 Å². The molecule has 276 valence electrons. The smallest absolute Gasteiger partial charge is 0.272 e. The second-order valence-electron chi connectivity index (χ2n) is 15.3. The van der Waals surface area contributed by atoms with Gasteiger partial charge in [0.1, 0.15) is 5.75 Å². The molecule has 2 N–H and O–H groups in total. The molecule has 50 heavy (non-hydrogen) atoms. The lowest BCUT2D eigenvalue weighted by atomic mass is 9.65. The molecule has 1 aliphatic carbocycles. The topological polar surface area (TPSA) is 77.3 Å². The molecule has 0 radical (unpaired) electrons. The Morgan fingerprint density at radius 1 is 1.08 bits per heavy atom. The summed E-state index contributed by atoms with van der Waals surface area (Å²) >= 11 is 11.1. The van der Waals surface area contributed by atoms with Crippen LogP contribution < -0.4 is 15.4 Å². The highest BCUT2D eigenvalue weighted by atomic mass is 35.5. The first-order chi connectivity index (χ1) is 23.9. The van der Waals surface area contributed by atoms with Crippen molar-refractivity contribution in [1.82, 2.24) is 4.90 Å². The van der Waals surface area contributed by atoms with Gasteiger partial charge in [0.15, 0.2) is 6.29 Å². The quantitative estimate of drug-likeness (QED) is 0.193. The molecule has 3 heterocycles. The molecule has 7 nitrogen and oxygen atoms in total. The van der Waals surface area contributed by atoms with E-state index in [2.05, 4.69) is 50.4 Å². The summed E-state index contributed by atoms with van der Waals surface area (Å²) in [6.07, 6.45) is 6.85. The Bertz CT molecular complexity index is 1470. The van der Waals surface area contributed by atoms with E-state index in [1.54, 1.807) is 11.0 Å². The highest BCUT2D eigenvalue weighted by Crippen LogP contribution is 2.47. The zero-order valence-corrected chi connectivity index (χ0v) is 31.3. The van der Waals surface area contributed by atoms with Crippen LogP contribution in [0, 0.1) is 23.7 Å². The molecular weight excluding hydrogens is 680 g/mol. The lowest BCUT2D eigenvalue weighted by molar-refractivity contribution is -0.260. The van der Waals surface area contributed by atoms with E-state index >= 15 is 0 Å². The Balaban J connectivity index is 1.22. The Labute approximate surface area is 306 Å². The molecule has 11 heteroatoms. The van der Waals surface area contributed by atoms with Crippen molar-refractivity contribution in [2.75, 3.05) is 50.9 Å². The van der Waals surface area contributed by atoms with E-state index in [9.17, 15) is 13.6 Å². The molecule has 1 amide bonds. The summed E-state index contributed by atoms with van der Waals surface area (Å²) in [6.45, 7) is 9.01. The standard InChI is InChI=1S/C39H54ClF2N3O4S/c1-4-6-26-15-30(40)11-13-32(26)29-18-44(35-16-27(37(43)46)10-14-36(35)47-19-29)17-28-9-12-33(28)34(8-5-7-24(2)25(3)50)38-48-20-31(21-49-38)45-22-39(41,42)23-45/h10-11,13-16,24-25,28-29,31,33-34,38,50H,4-9,12,17-23H2,1-3H3,(H2,43,46). The first-order valence-electron chi connectivity index (χ1n) is 18.6. The van der Waals surface area contributed by atoms with E-state index in [-0.39, 0.29) is 37.3 Å². The van der Waals surface area contributed by atoms with Crippen LogP contribution in [-0.4, -0.2) is 80.3 Å². The molecule has 0 spiro atoms. The summed E-state index contributed by atoms with van der Waals surface area (Å²) in [5, 5.41) is 1.06. The molecular formula is C39H54ClF2N3O4S. The minimum absolute atomic E-state index is 0.105. The van der Waals surface area contributed by atoms with Gasteiger partial charge in [-0.3, -0.25) is 9.69 Å². The number of primary amides is 1. The maximum absolute atomic E-state index is 13.6. The molecule has 2 aromatic carbocycles. The largest absolute Gasteiger partial charge is 0.491 e. The number of benzene rings is 2. The molecule has 2 aromatic rings. The van der Waals surface area contributed by atoms with Gasteiger partial charge in [-0.25, -0.2) is 8.78 Å². The van der Waals surface area contributed by atoms with Crippen molar-refractivity contribution < 1.29 is 27.8 Å². The van der Waals surface area contributed by atoms with E-state index in [0.29, 0.717) is 48.4 Å². The second-order valence-corrected chi connectivity index (χ2v) is 16.6. The number of carbonyl (C=O) groups is 1. The zero-order chi connectivity index (χ0) is 35.6. The number of rotatable bonds is 14. The molecule has 3 aliphatic heterocycles. The van der Waals surface area contributed by atoms with Gasteiger partial charge in [0.2, 0.25) is 5.91 Å². The number of halogens is 3. The third-order valence-electron chi connectivity index (χ3n) is 11.7. The highest BCUT2D eigenvalue weighted by Gasteiger charge is 2.49. The molecule has 2 saturated heterocycles. The molecule has 0 bridgehead atoms. The third kappa shape index (κ3) is 8.74. The molecule has 1 saturated carbocycles. The number of nitrogens with zero attached hydrogens (tertiary/aromatic N) is 2. The van der Waals surface area contributed by atoms with Gasteiger partial charge in [0, 0.05) is 40.8 Å². The normalized spacial score (nSPS) is 28.3. The van der Waals surface area contributed by atoms with Crippen molar-refractivity contribution in [3.63, 3.8) is 0 Å². The van der Waals surface area contributed by atoms with Gasteiger partial charge in [0.05, 0.1) is 44.6 Å². The molecule has 6 atom stereocenters. The van der Waals surface area contributed by atoms with Gasteiger partial charge >= 0.3 is 0 Å². The average Bonchev–Trinajstić information content (AvgIpc) is 3.24. The van der Waals surface area contributed by atoms with Crippen molar-refractivity contribution in [2.24, 2.45) is 29.4 Å². The molecule has 6 unspecified atom stereocenters. The van der Waals surface area contributed by atoms with Crippen LogP contribution in [0.4, 0.5) is 14.5 Å². The fourth-order valence-electron chi connectivity index (χ4n) is 8.38. The van der Waals surface area contributed by atoms with E-state index in [1.807, 2.05) is 18.2 Å². The monoisotopic (exact) mass is 733 g/mol. The summed E-state index contributed by atoms with van der Waals surface area (Å²) in [6, 6.07) is 11.6. The number of nitrogens with two attached hydrogens (primary N) is 1. The maximum atomic E-state index is 13.6. The van der Waals surface area contributed by atoms with Crippen LogP contribution in [0.1, 0.15) is 86.7 Å². The highest BCUT2D eigenvalue weighted by molar-refractivity contribution is 7.80. The number of aryl methyl sites for hydroxylation is 1. The Hall–Kier alpha value is -2.11. The number of amides is 1. The lowest BCUT2D eigenvalue weighted by Gasteiger charge is -2.50. The number of hydrogen-bond donors (Lipinski definition) is 2. The van der Waals surface area contributed by atoms with Crippen LogP contribution >= 0.6 is 24.2 Å². The van der Waals surface area contributed by atoms with Crippen LogP contribution in [0.5, 0.6) is 5.75 Å². The fourth-order valence-corrected chi connectivity index (χ4v) is 8.72.